The Labute approximate surface area is 99.7 Å². The summed E-state index contributed by atoms with van der Waals surface area (Å²) >= 11 is 0. The van der Waals surface area contributed by atoms with E-state index in [1.54, 1.807) is 0 Å². The zero-order valence-corrected chi connectivity index (χ0v) is 11.0. The second-order valence-electron chi connectivity index (χ2n) is 4.81. The van der Waals surface area contributed by atoms with Gasteiger partial charge in [0, 0.05) is 18.6 Å². The van der Waals surface area contributed by atoms with E-state index in [-0.39, 0.29) is 5.54 Å². The fraction of sp³-hybridized carbons (Fsp3) is 0.571. The van der Waals surface area contributed by atoms with E-state index in [0.717, 1.165) is 19.6 Å². The molecule has 0 aliphatic rings. The van der Waals surface area contributed by atoms with Crippen molar-refractivity contribution in [2.45, 2.75) is 26.3 Å². The molecule has 0 spiro atoms. The maximum absolute atomic E-state index is 3.60. The molecule has 0 saturated heterocycles. The third-order valence-corrected chi connectivity index (χ3v) is 3.10. The summed E-state index contributed by atoms with van der Waals surface area (Å²) in [5.41, 5.74) is 1.39. The number of hydrogen-bond acceptors (Lipinski definition) is 2. The van der Waals surface area contributed by atoms with Crippen molar-refractivity contribution in [3.05, 3.63) is 35.9 Å². The van der Waals surface area contributed by atoms with Gasteiger partial charge in [-0.25, -0.2) is 0 Å². The molecule has 90 valence electrons. The fourth-order valence-corrected chi connectivity index (χ4v) is 1.67. The van der Waals surface area contributed by atoms with E-state index in [2.05, 4.69) is 68.4 Å². The van der Waals surface area contributed by atoms with Crippen molar-refractivity contribution >= 4 is 0 Å². The van der Waals surface area contributed by atoms with E-state index in [9.17, 15) is 0 Å². The van der Waals surface area contributed by atoms with Crippen LogP contribution in [0, 0.1) is 0 Å². The molecule has 0 unspecified atom stereocenters. The Morgan fingerprint density at radius 1 is 1.19 bits per heavy atom. The van der Waals surface area contributed by atoms with Gasteiger partial charge in [0.2, 0.25) is 0 Å². The van der Waals surface area contributed by atoms with Crippen molar-refractivity contribution in [1.82, 2.24) is 10.2 Å². The molecule has 0 aromatic heterocycles. The topological polar surface area (TPSA) is 15.3 Å². The zero-order valence-electron chi connectivity index (χ0n) is 11.0. The first-order valence-electron chi connectivity index (χ1n) is 6.05. The molecule has 1 aromatic rings. The molecule has 0 atom stereocenters. The highest BCUT2D eigenvalue weighted by Crippen LogP contribution is 2.18. The van der Waals surface area contributed by atoms with Gasteiger partial charge in [0.05, 0.1) is 0 Å². The minimum absolute atomic E-state index is 0.0514. The van der Waals surface area contributed by atoms with Gasteiger partial charge in [-0.2, -0.15) is 0 Å². The van der Waals surface area contributed by atoms with Crippen LogP contribution in [0.4, 0.5) is 0 Å². The van der Waals surface area contributed by atoms with Crippen LogP contribution in [0.1, 0.15) is 26.3 Å². The number of likely N-dealkylation sites (N-methyl/N-ethyl adjacent to an activating group) is 1. The van der Waals surface area contributed by atoms with Crippen molar-refractivity contribution in [3.8, 4) is 0 Å². The van der Waals surface area contributed by atoms with Gasteiger partial charge < -0.3 is 10.2 Å². The van der Waals surface area contributed by atoms with Gasteiger partial charge in [-0.1, -0.05) is 37.3 Å². The van der Waals surface area contributed by atoms with Crippen LogP contribution in [0.2, 0.25) is 0 Å². The average molecular weight is 220 g/mol. The van der Waals surface area contributed by atoms with Crippen molar-refractivity contribution in [3.63, 3.8) is 0 Å². The van der Waals surface area contributed by atoms with Gasteiger partial charge in [0.15, 0.2) is 0 Å². The molecule has 0 aliphatic carbocycles. The Bertz CT molecular complexity index is 293. The Kier molecular flexibility index (Phi) is 4.97. The van der Waals surface area contributed by atoms with Crippen molar-refractivity contribution in [2.24, 2.45) is 0 Å². The summed E-state index contributed by atoms with van der Waals surface area (Å²) in [6.45, 7) is 9.86. The Morgan fingerprint density at radius 3 is 2.38 bits per heavy atom. The van der Waals surface area contributed by atoms with Crippen LogP contribution in [-0.2, 0) is 5.54 Å². The Balaban J connectivity index is 2.46. The van der Waals surface area contributed by atoms with Gasteiger partial charge >= 0.3 is 0 Å². The van der Waals surface area contributed by atoms with E-state index in [1.807, 2.05) is 0 Å². The molecule has 0 aliphatic heterocycles. The van der Waals surface area contributed by atoms with E-state index in [1.165, 1.54) is 5.56 Å². The van der Waals surface area contributed by atoms with Gasteiger partial charge in [-0.15, -0.1) is 0 Å². The maximum Gasteiger partial charge on any atom is 0.0377 e. The average Bonchev–Trinajstić information content (AvgIpc) is 2.30. The van der Waals surface area contributed by atoms with Crippen LogP contribution in [0.25, 0.3) is 0 Å². The normalized spacial score (nSPS) is 12.1. The first kappa shape index (κ1) is 13.2. The van der Waals surface area contributed by atoms with Crippen molar-refractivity contribution in [2.75, 3.05) is 26.7 Å². The highest BCUT2D eigenvalue weighted by Gasteiger charge is 2.18. The smallest absolute Gasteiger partial charge is 0.0377 e. The largest absolute Gasteiger partial charge is 0.307 e. The molecule has 1 aromatic carbocycles. The molecule has 2 heteroatoms. The van der Waals surface area contributed by atoms with E-state index in [4.69, 9.17) is 0 Å². The summed E-state index contributed by atoms with van der Waals surface area (Å²) in [6.07, 6.45) is 0. The minimum Gasteiger partial charge on any atom is -0.307 e. The molecule has 2 nitrogen and oxygen atoms in total. The molecule has 0 saturated carbocycles. The van der Waals surface area contributed by atoms with E-state index >= 15 is 0 Å². The summed E-state index contributed by atoms with van der Waals surface area (Å²) in [5, 5.41) is 3.60. The SMILES string of the molecule is CCN(C)CCNC(C)(C)c1ccccc1. The van der Waals surface area contributed by atoms with Crippen LogP contribution in [-0.4, -0.2) is 31.6 Å². The molecular weight excluding hydrogens is 196 g/mol. The molecule has 0 amide bonds. The number of nitrogens with one attached hydrogen (secondary N) is 1. The molecule has 0 heterocycles. The predicted octanol–water partition coefficient (Wildman–Crippen LogP) is 2.46. The quantitative estimate of drug-likeness (QED) is 0.792. The first-order valence-corrected chi connectivity index (χ1v) is 6.05. The van der Waals surface area contributed by atoms with E-state index in [0.29, 0.717) is 0 Å². The molecule has 0 fully saturated rings. The summed E-state index contributed by atoms with van der Waals surface area (Å²) in [5.74, 6) is 0. The highest BCUT2D eigenvalue weighted by atomic mass is 15.1. The number of nitrogens with zero attached hydrogens (tertiary/aromatic N) is 1. The maximum atomic E-state index is 3.60. The minimum atomic E-state index is 0.0514. The highest BCUT2D eigenvalue weighted by molar-refractivity contribution is 5.22. The molecule has 16 heavy (non-hydrogen) atoms. The molecule has 0 radical (unpaired) electrons. The standard InChI is InChI=1S/C14H24N2/c1-5-16(4)12-11-15-14(2,3)13-9-7-6-8-10-13/h6-10,15H,5,11-12H2,1-4H3. The van der Waals surface area contributed by atoms with Crippen LogP contribution >= 0.6 is 0 Å². The van der Waals surface area contributed by atoms with Crippen LogP contribution in [0.5, 0.6) is 0 Å². The van der Waals surface area contributed by atoms with Gasteiger partial charge in [0.1, 0.15) is 0 Å². The lowest BCUT2D eigenvalue weighted by atomic mass is 9.94. The predicted molar refractivity (Wildman–Crippen MR) is 70.6 cm³/mol. The lowest BCUT2D eigenvalue weighted by Crippen LogP contribution is -2.40. The summed E-state index contributed by atoms with van der Waals surface area (Å²) in [7, 11) is 2.15. The molecule has 1 rings (SSSR count). The Morgan fingerprint density at radius 2 is 1.81 bits per heavy atom. The third kappa shape index (κ3) is 3.95. The monoisotopic (exact) mass is 220 g/mol. The second-order valence-corrected chi connectivity index (χ2v) is 4.81. The molecular formula is C14H24N2. The third-order valence-electron chi connectivity index (χ3n) is 3.10. The second kappa shape index (κ2) is 6.02. The fourth-order valence-electron chi connectivity index (χ4n) is 1.67. The van der Waals surface area contributed by atoms with Gasteiger partial charge in [-0.3, -0.25) is 0 Å². The van der Waals surface area contributed by atoms with Crippen molar-refractivity contribution < 1.29 is 0 Å². The van der Waals surface area contributed by atoms with Crippen LogP contribution < -0.4 is 5.32 Å². The molecule has 0 bridgehead atoms. The number of benzene rings is 1. The lowest BCUT2D eigenvalue weighted by Gasteiger charge is -2.28. The first-order chi connectivity index (χ1) is 7.56. The number of hydrogen-bond donors (Lipinski definition) is 1. The van der Waals surface area contributed by atoms with Gasteiger partial charge in [-0.05, 0) is 33.0 Å². The Hall–Kier alpha value is -0.860. The van der Waals surface area contributed by atoms with E-state index < -0.39 is 0 Å². The van der Waals surface area contributed by atoms with Crippen LogP contribution in [0.3, 0.4) is 0 Å². The van der Waals surface area contributed by atoms with Crippen LogP contribution in [0.15, 0.2) is 30.3 Å². The van der Waals surface area contributed by atoms with Crippen molar-refractivity contribution in [1.29, 1.82) is 0 Å². The number of rotatable bonds is 6. The zero-order chi connectivity index (χ0) is 12.0. The summed E-state index contributed by atoms with van der Waals surface area (Å²) in [4.78, 5) is 2.31. The summed E-state index contributed by atoms with van der Waals surface area (Å²) in [6, 6.07) is 10.6. The summed E-state index contributed by atoms with van der Waals surface area (Å²) < 4.78 is 0. The molecule has 1 N–H and O–H groups in total. The lowest BCUT2D eigenvalue weighted by molar-refractivity contribution is 0.315. The van der Waals surface area contributed by atoms with Gasteiger partial charge in [0.25, 0.3) is 0 Å².